The number of para-hydroxylation sites is 1. The highest BCUT2D eigenvalue weighted by molar-refractivity contribution is 5.48. The Labute approximate surface area is 273 Å². The Morgan fingerprint density at radius 2 is 1.67 bits per heavy atom. The summed E-state index contributed by atoms with van der Waals surface area (Å²) in [5, 5.41) is 12.2. The largest absolute Gasteiger partial charge is 0.489 e. The van der Waals surface area contributed by atoms with Crippen molar-refractivity contribution in [3.05, 3.63) is 106 Å². The maximum atomic E-state index is 6.53. The summed E-state index contributed by atoms with van der Waals surface area (Å²) in [7, 11) is 0. The van der Waals surface area contributed by atoms with Gasteiger partial charge in [-0.3, -0.25) is 16.0 Å². The molecule has 0 aromatic heterocycles. The summed E-state index contributed by atoms with van der Waals surface area (Å²) in [5.74, 6) is 4.90. The molecule has 8 aliphatic rings. The lowest BCUT2D eigenvalue weighted by molar-refractivity contribution is 0.144. The van der Waals surface area contributed by atoms with Gasteiger partial charge in [-0.25, -0.2) is 0 Å². The minimum atomic E-state index is 0.0913. The predicted octanol–water partition coefficient (Wildman–Crippen LogP) is 8.05. The van der Waals surface area contributed by atoms with Crippen LogP contribution in [0.25, 0.3) is 0 Å². The molecule has 0 spiro atoms. The molecule has 0 amide bonds. The summed E-state index contributed by atoms with van der Waals surface area (Å²) in [6.45, 7) is 0. The minimum Gasteiger partial charge on any atom is -0.489 e. The fraction of sp³-hybridized carbons (Fsp3) is 0.512. The van der Waals surface area contributed by atoms with Crippen molar-refractivity contribution in [2.75, 3.05) is 0 Å². The van der Waals surface area contributed by atoms with Crippen LogP contribution < -0.4 is 25.4 Å². The Kier molecular flexibility index (Phi) is 6.83. The Hall–Kier alpha value is -3.12. The predicted molar refractivity (Wildman–Crippen MR) is 182 cm³/mol. The zero-order chi connectivity index (χ0) is 30.2. The zero-order valence-corrected chi connectivity index (χ0v) is 26.8. The molecule has 2 aromatic rings. The first-order valence-corrected chi connectivity index (χ1v) is 18.4. The highest BCUT2D eigenvalue weighted by Crippen LogP contribution is 2.56. The van der Waals surface area contributed by atoms with Gasteiger partial charge in [0.05, 0.1) is 18.5 Å². The lowest BCUT2D eigenvalue weighted by atomic mass is 9.60. The van der Waals surface area contributed by atoms with Crippen LogP contribution in [0.15, 0.2) is 89.6 Å². The van der Waals surface area contributed by atoms with E-state index in [-0.39, 0.29) is 24.6 Å². The standard InChI is InChI=1S/C41H47N3O2/c1-2-8-25(9-3-1)39-42-40(44-41(43-39)28-17-20-31-30-10-4-6-12-33(30)46-36(31)23-28)27-16-19-29-26(22-27)15-14-24-18-21-35-38(37(24)29)32-11-5-7-13-34(32)45-35/h4-5,7-8,10-11,13,17-18,20-21,23-24,27,30,33,35,37-44H,1-3,6,9,12,14-16,19,22H2. The SMILES string of the molecule is C1=CC2c3ccc(C4NC(C5=CCCCC5)NC(C5CCC6=C(CCC7C=CC8Oc9ccccc9C8C67)C5)N4)cc3OC2CC1. The number of rotatable bonds is 3. The monoisotopic (exact) mass is 613 g/mol. The summed E-state index contributed by atoms with van der Waals surface area (Å²) in [5.41, 5.74) is 9.17. The Morgan fingerprint density at radius 1 is 0.717 bits per heavy atom. The average molecular weight is 614 g/mol. The normalized spacial score (nSPS) is 38.7. The lowest BCUT2D eigenvalue weighted by Crippen LogP contribution is -2.66. The quantitative estimate of drug-likeness (QED) is 0.306. The first-order valence-electron chi connectivity index (χ1n) is 18.4. The second-order valence-electron chi connectivity index (χ2n) is 15.2. The average Bonchev–Trinajstić information content (AvgIpc) is 3.69. The third-order valence-electron chi connectivity index (χ3n) is 12.8. The van der Waals surface area contributed by atoms with Crippen LogP contribution in [0.5, 0.6) is 11.5 Å². The highest BCUT2D eigenvalue weighted by Gasteiger charge is 2.48. The molecule has 5 nitrogen and oxygen atoms in total. The first-order chi connectivity index (χ1) is 22.8. The van der Waals surface area contributed by atoms with Crippen molar-refractivity contribution >= 4 is 0 Å². The fourth-order valence-corrected chi connectivity index (χ4v) is 10.6. The van der Waals surface area contributed by atoms with E-state index in [1.807, 2.05) is 0 Å². The molecule has 5 heteroatoms. The van der Waals surface area contributed by atoms with Gasteiger partial charge in [-0.05, 0) is 118 Å². The maximum Gasteiger partial charge on any atom is 0.124 e. The molecule has 1 fully saturated rings. The van der Waals surface area contributed by atoms with Gasteiger partial charge in [0.1, 0.15) is 23.7 Å². The molecule has 3 heterocycles. The van der Waals surface area contributed by atoms with E-state index in [9.17, 15) is 0 Å². The second-order valence-corrected chi connectivity index (χ2v) is 15.2. The van der Waals surface area contributed by atoms with Gasteiger partial charge < -0.3 is 9.47 Å². The van der Waals surface area contributed by atoms with E-state index in [4.69, 9.17) is 9.47 Å². The molecule has 3 N–H and O–H groups in total. The van der Waals surface area contributed by atoms with Crippen molar-refractivity contribution in [1.29, 1.82) is 0 Å². The van der Waals surface area contributed by atoms with Crippen molar-refractivity contribution in [3.63, 3.8) is 0 Å². The van der Waals surface area contributed by atoms with Crippen molar-refractivity contribution in [1.82, 2.24) is 16.0 Å². The number of hydrogen-bond donors (Lipinski definition) is 3. The van der Waals surface area contributed by atoms with E-state index in [1.165, 1.54) is 74.5 Å². The third kappa shape index (κ3) is 4.60. The molecular formula is C41H47N3O2. The van der Waals surface area contributed by atoms with Crippen LogP contribution in [-0.2, 0) is 0 Å². The number of benzene rings is 2. The van der Waals surface area contributed by atoms with Crippen molar-refractivity contribution in [3.8, 4) is 11.5 Å². The maximum absolute atomic E-state index is 6.53. The smallest absolute Gasteiger partial charge is 0.124 e. The second kappa shape index (κ2) is 11.2. The van der Waals surface area contributed by atoms with Gasteiger partial charge in [-0.15, -0.1) is 0 Å². The molecule has 5 aliphatic carbocycles. The van der Waals surface area contributed by atoms with E-state index in [1.54, 1.807) is 16.7 Å². The number of fused-ring (bicyclic) bond motifs is 9. The first kappa shape index (κ1) is 27.9. The van der Waals surface area contributed by atoms with Crippen LogP contribution in [0, 0.1) is 17.8 Å². The molecule has 238 valence electrons. The van der Waals surface area contributed by atoms with Crippen LogP contribution in [0.1, 0.15) is 105 Å². The molecule has 10 unspecified atom stereocenters. The highest BCUT2D eigenvalue weighted by atomic mass is 16.5. The van der Waals surface area contributed by atoms with E-state index in [0.717, 1.165) is 24.3 Å². The lowest BCUT2D eigenvalue weighted by Gasteiger charge is -2.48. The number of nitrogens with one attached hydrogen (secondary N) is 3. The molecule has 10 atom stereocenters. The molecule has 3 aliphatic heterocycles. The van der Waals surface area contributed by atoms with Crippen LogP contribution >= 0.6 is 0 Å². The molecule has 10 rings (SSSR count). The minimum absolute atomic E-state index is 0.0913. The molecule has 0 bridgehead atoms. The Morgan fingerprint density at radius 3 is 2.63 bits per heavy atom. The van der Waals surface area contributed by atoms with Gasteiger partial charge in [0.2, 0.25) is 0 Å². The summed E-state index contributed by atoms with van der Waals surface area (Å²) >= 11 is 0. The van der Waals surface area contributed by atoms with Gasteiger partial charge in [-0.1, -0.05) is 65.8 Å². The van der Waals surface area contributed by atoms with Crippen LogP contribution in [0.4, 0.5) is 0 Å². The van der Waals surface area contributed by atoms with Gasteiger partial charge in [0.15, 0.2) is 0 Å². The molecule has 0 saturated carbocycles. The van der Waals surface area contributed by atoms with E-state index in [2.05, 4.69) is 88.8 Å². The molecule has 46 heavy (non-hydrogen) atoms. The van der Waals surface area contributed by atoms with Gasteiger partial charge in [0.25, 0.3) is 0 Å². The zero-order valence-electron chi connectivity index (χ0n) is 26.8. The third-order valence-corrected chi connectivity index (χ3v) is 12.8. The molecule has 0 radical (unpaired) electrons. The molecule has 2 aromatic carbocycles. The van der Waals surface area contributed by atoms with Crippen LogP contribution in [0.3, 0.4) is 0 Å². The van der Waals surface area contributed by atoms with E-state index in [0.29, 0.717) is 35.7 Å². The number of ether oxygens (including phenoxy) is 2. The number of hydrogen-bond acceptors (Lipinski definition) is 5. The number of allylic oxidation sites excluding steroid dienone is 5. The van der Waals surface area contributed by atoms with Crippen molar-refractivity contribution in [2.45, 2.75) is 113 Å². The van der Waals surface area contributed by atoms with Gasteiger partial charge in [-0.2, -0.15) is 0 Å². The van der Waals surface area contributed by atoms with Gasteiger partial charge in [0, 0.05) is 23.0 Å². The Balaban J connectivity index is 0.934. The summed E-state index contributed by atoms with van der Waals surface area (Å²) in [6.07, 6.45) is 26.6. The van der Waals surface area contributed by atoms with Crippen molar-refractivity contribution < 1.29 is 9.47 Å². The van der Waals surface area contributed by atoms with Crippen molar-refractivity contribution in [2.24, 2.45) is 17.8 Å². The van der Waals surface area contributed by atoms with E-state index >= 15 is 0 Å². The molecular weight excluding hydrogens is 566 g/mol. The topological polar surface area (TPSA) is 54.5 Å². The van der Waals surface area contributed by atoms with E-state index < -0.39 is 0 Å². The summed E-state index contributed by atoms with van der Waals surface area (Å²) in [6, 6.07) is 15.8. The van der Waals surface area contributed by atoms with Gasteiger partial charge >= 0.3 is 0 Å². The fourth-order valence-electron chi connectivity index (χ4n) is 10.6. The summed E-state index contributed by atoms with van der Waals surface area (Å²) < 4.78 is 13.0. The van der Waals surface area contributed by atoms with Crippen LogP contribution in [-0.4, -0.2) is 24.5 Å². The summed E-state index contributed by atoms with van der Waals surface area (Å²) in [4.78, 5) is 0. The van der Waals surface area contributed by atoms with Crippen LogP contribution in [0.2, 0.25) is 0 Å². The Bertz CT molecular complexity index is 1650. The molecule has 1 saturated heterocycles.